The Hall–Kier alpha value is -0.0931. The zero-order chi connectivity index (χ0) is 14.6. The van der Waals surface area contributed by atoms with Crippen LogP contribution in [0.25, 0.3) is 0 Å². The van der Waals surface area contributed by atoms with Crippen LogP contribution >= 0.6 is 11.6 Å². The van der Waals surface area contributed by atoms with Crippen LogP contribution in [0.1, 0.15) is 34.1 Å². The predicted molar refractivity (Wildman–Crippen MR) is 82.5 cm³/mol. The van der Waals surface area contributed by atoms with Crippen LogP contribution < -0.4 is 0 Å². The summed E-state index contributed by atoms with van der Waals surface area (Å²) in [5.74, 6) is 0. The Bertz CT molecular complexity index is 316. The number of hydrogen-bond acceptors (Lipinski definition) is 2. The van der Waals surface area contributed by atoms with Gasteiger partial charge in [-0.05, 0) is 37.6 Å². The van der Waals surface area contributed by atoms with E-state index in [1.807, 2.05) is 6.92 Å². The van der Waals surface area contributed by atoms with Gasteiger partial charge in [0, 0.05) is 5.03 Å². The van der Waals surface area contributed by atoms with Crippen molar-refractivity contribution in [2.24, 2.45) is 0 Å². The molecule has 2 nitrogen and oxygen atoms in total. The SMILES string of the molecule is C=C(C)C[C@H](O)/C=C(\Cl)CO[Si](C)(C)C(C)(C)C. The number of aliphatic hydroxyl groups excluding tert-OH is 1. The third-order valence-electron chi connectivity index (χ3n) is 3.31. The van der Waals surface area contributed by atoms with Gasteiger partial charge in [-0.2, -0.15) is 0 Å². The first-order valence-electron chi connectivity index (χ1n) is 6.28. The Morgan fingerprint density at radius 3 is 2.33 bits per heavy atom. The van der Waals surface area contributed by atoms with Crippen molar-refractivity contribution in [2.75, 3.05) is 6.61 Å². The van der Waals surface area contributed by atoms with Gasteiger partial charge in [0.2, 0.25) is 0 Å². The zero-order valence-electron chi connectivity index (χ0n) is 12.5. The first-order chi connectivity index (χ1) is 7.95. The van der Waals surface area contributed by atoms with Crippen LogP contribution in [-0.4, -0.2) is 26.1 Å². The quantitative estimate of drug-likeness (QED) is 0.578. The van der Waals surface area contributed by atoms with E-state index in [0.29, 0.717) is 18.1 Å². The lowest BCUT2D eigenvalue weighted by atomic mass is 10.1. The normalized spacial score (nSPS) is 15.7. The summed E-state index contributed by atoms with van der Waals surface area (Å²) in [7, 11) is -1.78. The van der Waals surface area contributed by atoms with Crippen LogP contribution in [0.2, 0.25) is 18.1 Å². The van der Waals surface area contributed by atoms with Gasteiger partial charge in [-0.15, -0.1) is 6.58 Å². The fourth-order valence-electron chi connectivity index (χ4n) is 1.14. The van der Waals surface area contributed by atoms with E-state index in [2.05, 4.69) is 40.4 Å². The smallest absolute Gasteiger partial charge is 0.192 e. The fourth-order valence-corrected chi connectivity index (χ4v) is 2.38. The standard InChI is InChI=1S/C14H27ClO2Si/c1-11(2)8-13(16)9-12(15)10-17-18(6,7)14(3,4)5/h9,13,16H,1,8,10H2,2-7H3/b12-9-/t13-/m0/s1. The average Bonchev–Trinajstić information content (AvgIpc) is 2.11. The van der Waals surface area contributed by atoms with Crippen LogP contribution in [0.3, 0.4) is 0 Å². The summed E-state index contributed by atoms with van der Waals surface area (Å²) in [5, 5.41) is 10.4. The van der Waals surface area contributed by atoms with Gasteiger partial charge in [0.15, 0.2) is 8.32 Å². The van der Waals surface area contributed by atoms with Gasteiger partial charge < -0.3 is 9.53 Å². The van der Waals surface area contributed by atoms with Gasteiger partial charge in [-0.25, -0.2) is 0 Å². The van der Waals surface area contributed by atoms with E-state index in [1.54, 1.807) is 6.08 Å². The molecule has 106 valence electrons. The molecule has 0 bridgehead atoms. The number of rotatable bonds is 6. The van der Waals surface area contributed by atoms with Crippen molar-refractivity contribution in [3.8, 4) is 0 Å². The molecule has 4 heteroatoms. The third-order valence-corrected chi connectivity index (χ3v) is 8.02. The summed E-state index contributed by atoms with van der Waals surface area (Å²) in [6, 6.07) is 0. The highest BCUT2D eigenvalue weighted by molar-refractivity contribution is 6.74. The minimum absolute atomic E-state index is 0.167. The molecule has 0 aromatic carbocycles. The lowest BCUT2D eigenvalue weighted by molar-refractivity contribution is 0.221. The van der Waals surface area contributed by atoms with Crippen molar-refractivity contribution < 1.29 is 9.53 Å². The first-order valence-corrected chi connectivity index (χ1v) is 9.57. The predicted octanol–water partition coefficient (Wildman–Crippen LogP) is 4.46. The van der Waals surface area contributed by atoms with Gasteiger partial charge in [0.05, 0.1) is 12.7 Å². The van der Waals surface area contributed by atoms with Crippen molar-refractivity contribution in [1.29, 1.82) is 0 Å². The second-order valence-electron chi connectivity index (χ2n) is 6.39. The van der Waals surface area contributed by atoms with E-state index in [1.165, 1.54) is 0 Å². The van der Waals surface area contributed by atoms with E-state index in [-0.39, 0.29) is 5.04 Å². The summed E-state index contributed by atoms with van der Waals surface area (Å²) in [4.78, 5) is 0. The van der Waals surface area contributed by atoms with Gasteiger partial charge in [0.1, 0.15) is 0 Å². The van der Waals surface area contributed by atoms with Crippen LogP contribution in [0, 0.1) is 0 Å². The lowest BCUT2D eigenvalue weighted by Crippen LogP contribution is -2.41. The molecule has 0 unspecified atom stereocenters. The molecule has 0 radical (unpaired) electrons. The van der Waals surface area contributed by atoms with Crippen LogP contribution in [0.4, 0.5) is 0 Å². The second-order valence-corrected chi connectivity index (χ2v) is 11.7. The van der Waals surface area contributed by atoms with Crippen LogP contribution in [0.15, 0.2) is 23.3 Å². The highest BCUT2D eigenvalue weighted by Crippen LogP contribution is 2.36. The molecule has 0 fully saturated rings. The summed E-state index contributed by atoms with van der Waals surface area (Å²) < 4.78 is 5.97. The molecule has 0 amide bonds. The molecule has 1 N–H and O–H groups in total. The molecule has 0 saturated heterocycles. The summed E-state index contributed by atoms with van der Waals surface area (Å²) in [5.41, 5.74) is 0.938. The molecule has 0 aliphatic heterocycles. The minimum atomic E-state index is -1.78. The highest BCUT2D eigenvalue weighted by atomic mass is 35.5. The molecule has 0 spiro atoms. The molecular formula is C14H27ClO2Si. The topological polar surface area (TPSA) is 29.5 Å². The zero-order valence-corrected chi connectivity index (χ0v) is 14.3. The summed E-state index contributed by atoms with van der Waals surface area (Å²) in [6.07, 6.45) is 1.61. The van der Waals surface area contributed by atoms with Crippen molar-refractivity contribution in [1.82, 2.24) is 0 Å². The monoisotopic (exact) mass is 290 g/mol. The molecule has 0 aliphatic carbocycles. The fraction of sp³-hybridized carbons (Fsp3) is 0.714. The van der Waals surface area contributed by atoms with E-state index in [4.69, 9.17) is 16.0 Å². The summed E-state index contributed by atoms with van der Waals surface area (Å²) in [6.45, 7) is 17.0. The molecule has 0 aromatic heterocycles. The lowest BCUT2D eigenvalue weighted by Gasteiger charge is -2.36. The average molecular weight is 291 g/mol. The second kappa shape index (κ2) is 6.90. The molecule has 0 aliphatic rings. The maximum absolute atomic E-state index is 9.71. The van der Waals surface area contributed by atoms with E-state index in [0.717, 1.165) is 5.57 Å². The molecule has 0 heterocycles. The van der Waals surface area contributed by atoms with Gasteiger partial charge in [0.25, 0.3) is 0 Å². The number of hydrogen-bond donors (Lipinski definition) is 1. The van der Waals surface area contributed by atoms with Crippen molar-refractivity contribution >= 4 is 19.9 Å². The molecule has 0 saturated carbocycles. The Balaban J connectivity index is 4.38. The van der Waals surface area contributed by atoms with Crippen LogP contribution in [0.5, 0.6) is 0 Å². The maximum atomic E-state index is 9.71. The van der Waals surface area contributed by atoms with Gasteiger partial charge in [-0.3, -0.25) is 0 Å². The van der Waals surface area contributed by atoms with E-state index in [9.17, 15) is 5.11 Å². The largest absolute Gasteiger partial charge is 0.412 e. The molecule has 1 atom stereocenters. The Morgan fingerprint density at radius 1 is 1.44 bits per heavy atom. The molecule has 0 aromatic rings. The van der Waals surface area contributed by atoms with E-state index < -0.39 is 14.4 Å². The van der Waals surface area contributed by atoms with Crippen LogP contribution in [-0.2, 0) is 4.43 Å². The van der Waals surface area contributed by atoms with E-state index >= 15 is 0 Å². The number of aliphatic hydroxyl groups is 1. The Morgan fingerprint density at radius 2 is 1.94 bits per heavy atom. The maximum Gasteiger partial charge on any atom is 0.192 e. The third kappa shape index (κ3) is 6.74. The Labute approximate surface area is 118 Å². The minimum Gasteiger partial charge on any atom is -0.412 e. The summed E-state index contributed by atoms with van der Waals surface area (Å²) >= 11 is 6.08. The van der Waals surface area contributed by atoms with Crippen molar-refractivity contribution in [2.45, 2.75) is 58.4 Å². The first kappa shape index (κ1) is 17.9. The molecule has 0 rings (SSSR count). The Kier molecular flexibility index (Phi) is 6.86. The highest BCUT2D eigenvalue weighted by Gasteiger charge is 2.37. The molecule has 18 heavy (non-hydrogen) atoms. The number of halogens is 1. The van der Waals surface area contributed by atoms with Gasteiger partial charge >= 0.3 is 0 Å². The van der Waals surface area contributed by atoms with Crippen molar-refractivity contribution in [3.63, 3.8) is 0 Å². The van der Waals surface area contributed by atoms with Gasteiger partial charge in [-0.1, -0.05) is 37.9 Å². The van der Waals surface area contributed by atoms with Crippen molar-refractivity contribution in [3.05, 3.63) is 23.3 Å². The molecular weight excluding hydrogens is 264 g/mol.